The minimum Gasteiger partial charge on any atom is -0.392 e. The third-order valence-electron chi connectivity index (χ3n) is 5.92. The Kier molecular flexibility index (Phi) is 6.23. The van der Waals surface area contributed by atoms with Gasteiger partial charge in [0.1, 0.15) is 0 Å². The minimum absolute atomic E-state index is 0.104. The molecule has 1 amide bonds. The SMILES string of the molecule is C#Cc1cccc([C@@H](CN2CC[C@H](O)C2)C(C(=O)NC)c2ccc3sc(=O)[nH]c3c2)c1. The standard InChI is InChI=1S/C24H25N3O3S/c1-3-15-5-4-6-16(11-15)19(14-27-10-9-18(28)13-27)22(23(29)25-2)17-7-8-21-20(12-17)26-24(30)31-21/h1,4-8,11-12,18-19,22,28H,9-10,13-14H2,2H3,(H,25,29)(H,26,30)/t18-,19+,22?/m0/s1. The summed E-state index contributed by atoms with van der Waals surface area (Å²) in [5.74, 6) is 1.91. The second-order valence-corrected chi connectivity index (χ2v) is 8.96. The van der Waals surface area contributed by atoms with E-state index in [9.17, 15) is 14.7 Å². The summed E-state index contributed by atoms with van der Waals surface area (Å²) in [6.07, 6.45) is 6.02. The predicted molar refractivity (Wildman–Crippen MR) is 123 cm³/mol. The zero-order chi connectivity index (χ0) is 22.0. The summed E-state index contributed by atoms with van der Waals surface area (Å²) in [5, 5.41) is 12.8. The number of benzene rings is 2. The van der Waals surface area contributed by atoms with Crippen LogP contribution < -0.4 is 10.2 Å². The van der Waals surface area contributed by atoms with E-state index in [0.29, 0.717) is 13.1 Å². The van der Waals surface area contributed by atoms with E-state index in [-0.39, 0.29) is 22.8 Å². The number of H-pyrrole nitrogens is 1. The molecule has 0 bridgehead atoms. The molecule has 0 aliphatic carbocycles. The van der Waals surface area contributed by atoms with Crippen molar-refractivity contribution in [2.75, 3.05) is 26.7 Å². The number of nitrogens with zero attached hydrogens (tertiary/aromatic N) is 1. The van der Waals surface area contributed by atoms with Gasteiger partial charge in [0, 0.05) is 38.2 Å². The second-order valence-electron chi connectivity index (χ2n) is 7.94. The Hall–Kier alpha value is -2.92. The van der Waals surface area contributed by atoms with Crippen LogP contribution in [0.2, 0.25) is 0 Å². The number of fused-ring (bicyclic) bond motifs is 1. The molecular weight excluding hydrogens is 410 g/mol. The number of hydrogen-bond donors (Lipinski definition) is 3. The highest BCUT2D eigenvalue weighted by Gasteiger charge is 2.34. The first-order chi connectivity index (χ1) is 15.0. The normalized spacial score (nSPS) is 18.5. The lowest BCUT2D eigenvalue weighted by Gasteiger charge is -2.30. The van der Waals surface area contributed by atoms with E-state index in [2.05, 4.69) is 21.1 Å². The summed E-state index contributed by atoms with van der Waals surface area (Å²) >= 11 is 1.15. The van der Waals surface area contributed by atoms with Gasteiger partial charge in [-0.1, -0.05) is 35.5 Å². The smallest absolute Gasteiger partial charge is 0.305 e. The number of carbonyl (C=O) groups excluding carboxylic acids is 1. The quantitative estimate of drug-likeness (QED) is 0.519. The number of aliphatic hydroxyl groups is 1. The van der Waals surface area contributed by atoms with E-state index in [1.165, 1.54) is 0 Å². The number of amides is 1. The Morgan fingerprint density at radius 3 is 2.90 bits per heavy atom. The number of aromatic amines is 1. The predicted octanol–water partition coefficient (Wildman–Crippen LogP) is 2.25. The lowest BCUT2D eigenvalue weighted by atomic mass is 9.79. The van der Waals surface area contributed by atoms with Crippen molar-refractivity contribution in [3.63, 3.8) is 0 Å². The monoisotopic (exact) mass is 435 g/mol. The third-order valence-corrected chi connectivity index (χ3v) is 6.78. The maximum Gasteiger partial charge on any atom is 0.305 e. The van der Waals surface area contributed by atoms with Gasteiger partial charge in [-0.2, -0.15) is 0 Å². The van der Waals surface area contributed by atoms with Crippen molar-refractivity contribution in [1.82, 2.24) is 15.2 Å². The van der Waals surface area contributed by atoms with Crippen LogP contribution in [0.25, 0.3) is 10.2 Å². The van der Waals surface area contributed by atoms with Crippen molar-refractivity contribution >= 4 is 27.5 Å². The van der Waals surface area contributed by atoms with E-state index in [0.717, 1.165) is 51.2 Å². The highest BCUT2D eigenvalue weighted by atomic mass is 32.1. The molecule has 0 radical (unpaired) electrons. The average Bonchev–Trinajstić information content (AvgIpc) is 3.36. The number of thiazole rings is 1. The van der Waals surface area contributed by atoms with Crippen LogP contribution in [0.4, 0.5) is 0 Å². The third kappa shape index (κ3) is 4.57. The van der Waals surface area contributed by atoms with Gasteiger partial charge in [0.2, 0.25) is 5.91 Å². The van der Waals surface area contributed by atoms with Crippen molar-refractivity contribution in [1.29, 1.82) is 0 Å². The average molecular weight is 436 g/mol. The molecule has 1 unspecified atom stereocenters. The number of likely N-dealkylation sites (N-methyl/N-ethyl adjacent to an activating group) is 1. The topological polar surface area (TPSA) is 85.4 Å². The molecule has 1 fully saturated rings. The maximum absolute atomic E-state index is 13.2. The number of rotatable bonds is 6. The number of aliphatic hydroxyl groups excluding tert-OH is 1. The van der Waals surface area contributed by atoms with Crippen molar-refractivity contribution in [3.05, 3.63) is 68.8 Å². The van der Waals surface area contributed by atoms with Crippen molar-refractivity contribution < 1.29 is 9.90 Å². The first kappa shape index (κ1) is 21.3. The second kappa shape index (κ2) is 9.06. The Morgan fingerprint density at radius 2 is 2.19 bits per heavy atom. The number of likely N-dealkylation sites (tertiary alicyclic amines) is 1. The van der Waals surface area contributed by atoms with Crippen molar-refractivity contribution in [2.24, 2.45) is 0 Å². The first-order valence-electron chi connectivity index (χ1n) is 10.3. The van der Waals surface area contributed by atoms with E-state index in [1.54, 1.807) is 7.05 Å². The Bertz CT molecular complexity index is 1190. The number of β-amino-alcohol motifs (C(OH)–C–C–N with tert-alkyl or cyclic N) is 1. The molecule has 1 aliphatic rings. The number of aromatic nitrogens is 1. The molecule has 0 saturated carbocycles. The molecule has 3 aromatic rings. The fourth-order valence-electron chi connectivity index (χ4n) is 4.40. The summed E-state index contributed by atoms with van der Waals surface area (Å²) in [6.45, 7) is 1.98. The Labute approximate surface area is 184 Å². The van der Waals surface area contributed by atoms with Crippen LogP contribution in [-0.2, 0) is 4.79 Å². The lowest BCUT2D eigenvalue weighted by molar-refractivity contribution is -0.122. The fourth-order valence-corrected chi connectivity index (χ4v) is 5.12. The van der Waals surface area contributed by atoms with Gasteiger partial charge in [-0.15, -0.1) is 6.42 Å². The molecule has 4 rings (SSSR count). The van der Waals surface area contributed by atoms with E-state index < -0.39 is 5.92 Å². The number of hydrogen-bond acceptors (Lipinski definition) is 5. The number of carbonyl (C=O) groups is 1. The molecule has 3 N–H and O–H groups in total. The van der Waals surface area contributed by atoms with Crippen molar-refractivity contribution in [3.8, 4) is 12.3 Å². The van der Waals surface area contributed by atoms with E-state index in [4.69, 9.17) is 6.42 Å². The van der Waals surface area contributed by atoms with Crippen LogP contribution >= 0.6 is 11.3 Å². The number of terminal acetylenes is 1. The first-order valence-corrected chi connectivity index (χ1v) is 11.1. The van der Waals surface area contributed by atoms with Crippen LogP contribution in [0.15, 0.2) is 47.3 Å². The summed E-state index contributed by atoms with van der Waals surface area (Å²) in [5.41, 5.74) is 3.30. The molecular formula is C24H25N3O3S. The molecule has 2 heterocycles. The Balaban J connectivity index is 1.80. The van der Waals surface area contributed by atoms with Gasteiger partial charge in [0.25, 0.3) is 0 Å². The zero-order valence-corrected chi connectivity index (χ0v) is 18.1. The highest BCUT2D eigenvalue weighted by molar-refractivity contribution is 7.16. The van der Waals surface area contributed by atoms with Gasteiger partial charge >= 0.3 is 4.87 Å². The molecule has 0 spiro atoms. The number of nitrogens with one attached hydrogen (secondary N) is 2. The van der Waals surface area contributed by atoms with Gasteiger partial charge in [-0.3, -0.25) is 9.59 Å². The lowest BCUT2D eigenvalue weighted by Crippen LogP contribution is -2.36. The zero-order valence-electron chi connectivity index (χ0n) is 17.3. The molecule has 7 heteroatoms. The molecule has 2 aromatic carbocycles. The van der Waals surface area contributed by atoms with E-state index >= 15 is 0 Å². The molecule has 3 atom stereocenters. The van der Waals surface area contributed by atoms with Gasteiger partial charge in [0.05, 0.1) is 22.2 Å². The molecule has 6 nitrogen and oxygen atoms in total. The largest absolute Gasteiger partial charge is 0.392 e. The Morgan fingerprint density at radius 1 is 1.35 bits per heavy atom. The van der Waals surface area contributed by atoms with Crippen LogP contribution in [0.1, 0.15) is 34.9 Å². The fraction of sp³-hybridized carbons (Fsp3) is 0.333. The van der Waals surface area contributed by atoms with Crippen LogP contribution in [-0.4, -0.2) is 53.7 Å². The van der Waals surface area contributed by atoms with Gasteiger partial charge < -0.3 is 20.3 Å². The summed E-state index contributed by atoms with van der Waals surface area (Å²) in [7, 11) is 1.63. The molecule has 1 saturated heterocycles. The summed E-state index contributed by atoms with van der Waals surface area (Å²) in [6, 6.07) is 13.4. The molecule has 31 heavy (non-hydrogen) atoms. The molecule has 1 aromatic heterocycles. The highest BCUT2D eigenvalue weighted by Crippen LogP contribution is 2.36. The van der Waals surface area contributed by atoms with E-state index in [1.807, 2.05) is 42.5 Å². The van der Waals surface area contributed by atoms with Crippen LogP contribution in [0, 0.1) is 12.3 Å². The van der Waals surface area contributed by atoms with Crippen molar-refractivity contribution in [2.45, 2.75) is 24.4 Å². The van der Waals surface area contributed by atoms with Crippen LogP contribution in [0.3, 0.4) is 0 Å². The van der Waals surface area contributed by atoms with Gasteiger partial charge in [-0.25, -0.2) is 0 Å². The molecule has 160 valence electrons. The maximum atomic E-state index is 13.2. The van der Waals surface area contributed by atoms with Gasteiger partial charge in [-0.05, 0) is 41.8 Å². The van der Waals surface area contributed by atoms with Crippen LogP contribution in [0.5, 0.6) is 0 Å². The summed E-state index contributed by atoms with van der Waals surface area (Å²) in [4.78, 5) is 29.9. The molecule has 1 aliphatic heterocycles. The minimum atomic E-state index is -0.483. The summed E-state index contributed by atoms with van der Waals surface area (Å²) < 4.78 is 0.859. The van der Waals surface area contributed by atoms with Gasteiger partial charge in [0.15, 0.2) is 0 Å².